The van der Waals surface area contributed by atoms with Gasteiger partial charge < -0.3 is 19.2 Å². The number of hydrogen-bond acceptors (Lipinski definition) is 10. The molecule has 5 rings (SSSR count). The number of oxazole rings is 1. The van der Waals surface area contributed by atoms with Gasteiger partial charge in [-0.3, -0.25) is 4.99 Å². The molecule has 1 atom stereocenters. The van der Waals surface area contributed by atoms with E-state index in [9.17, 15) is 18.4 Å². The molecule has 3 aromatic rings. The van der Waals surface area contributed by atoms with Crippen LogP contribution in [0.1, 0.15) is 77.3 Å². The van der Waals surface area contributed by atoms with Crippen molar-refractivity contribution in [3.8, 4) is 0 Å². The molecule has 9 nitrogen and oxygen atoms in total. The molecule has 1 unspecified atom stereocenters. The molecule has 1 fully saturated rings. The first-order chi connectivity index (χ1) is 19.7. The summed E-state index contributed by atoms with van der Waals surface area (Å²) >= 11 is 7.62. The van der Waals surface area contributed by atoms with E-state index in [1.165, 1.54) is 24.5 Å². The summed E-state index contributed by atoms with van der Waals surface area (Å²) in [6, 6.07) is 1.24. The molecule has 13 heteroatoms. The van der Waals surface area contributed by atoms with Crippen LogP contribution in [0.3, 0.4) is 0 Å². The van der Waals surface area contributed by atoms with Gasteiger partial charge in [0.05, 0.1) is 24.3 Å². The number of aliphatic imine (C=N–C) groups is 1. The Bertz CT molecular complexity index is 1530. The lowest BCUT2D eigenvalue weighted by molar-refractivity contribution is -0.139. The number of aromatic nitrogens is 2. The minimum Gasteiger partial charge on any atom is -0.464 e. The zero-order chi connectivity index (χ0) is 29.3. The van der Waals surface area contributed by atoms with Crippen molar-refractivity contribution >= 4 is 40.7 Å². The van der Waals surface area contributed by atoms with E-state index in [0.29, 0.717) is 53.9 Å². The third kappa shape index (κ3) is 5.62. The molecule has 1 aliphatic heterocycles. The summed E-state index contributed by atoms with van der Waals surface area (Å²) in [4.78, 5) is 38.9. The molecule has 1 saturated carbocycles. The number of hydrogen-bond donors (Lipinski definition) is 1. The summed E-state index contributed by atoms with van der Waals surface area (Å²) < 4.78 is 44.6. The second-order valence-electron chi connectivity index (χ2n) is 9.65. The van der Waals surface area contributed by atoms with Crippen LogP contribution in [0.15, 0.2) is 44.4 Å². The van der Waals surface area contributed by atoms with Crippen LogP contribution in [0.2, 0.25) is 5.02 Å². The predicted molar refractivity (Wildman–Crippen MR) is 147 cm³/mol. The fourth-order valence-electron chi connectivity index (χ4n) is 5.25. The number of esters is 2. The van der Waals surface area contributed by atoms with Gasteiger partial charge in [0, 0.05) is 28.8 Å². The Morgan fingerprint density at radius 3 is 2.56 bits per heavy atom. The zero-order valence-electron chi connectivity index (χ0n) is 22.5. The first kappa shape index (κ1) is 28.9. The van der Waals surface area contributed by atoms with Crippen LogP contribution in [-0.4, -0.2) is 41.5 Å². The van der Waals surface area contributed by atoms with E-state index >= 15 is 0 Å². The first-order valence-electron chi connectivity index (χ1n) is 13.1. The molecule has 2 aromatic heterocycles. The molecule has 2 aliphatic rings. The molecule has 3 heterocycles. The Labute approximate surface area is 243 Å². The summed E-state index contributed by atoms with van der Waals surface area (Å²) in [5.41, 5.74) is 1.05. The topological polar surface area (TPSA) is 116 Å². The number of nitrogens with one attached hydrogen (secondary N) is 1. The number of thiazole rings is 1. The minimum atomic E-state index is -1.22. The fourth-order valence-corrected chi connectivity index (χ4v) is 6.10. The number of benzene rings is 1. The van der Waals surface area contributed by atoms with Crippen LogP contribution < -0.4 is 5.32 Å². The Morgan fingerprint density at radius 2 is 1.90 bits per heavy atom. The molecule has 0 amide bonds. The number of carbonyl (C=O) groups is 2. The molecular formula is C28H27ClF2N4O5S. The lowest BCUT2D eigenvalue weighted by atomic mass is 9.78. The van der Waals surface area contributed by atoms with Crippen molar-refractivity contribution in [2.45, 2.75) is 51.5 Å². The quantitative estimate of drug-likeness (QED) is 0.256. The number of rotatable bonds is 7. The lowest BCUT2D eigenvalue weighted by Crippen LogP contribution is -2.38. The van der Waals surface area contributed by atoms with E-state index in [-0.39, 0.29) is 35.3 Å². The van der Waals surface area contributed by atoms with Gasteiger partial charge in [0.15, 0.2) is 34.1 Å². The van der Waals surface area contributed by atoms with E-state index in [2.05, 4.69) is 15.3 Å². The van der Waals surface area contributed by atoms with Crippen LogP contribution in [-0.2, 0) is 14.3 Å². The van der Waals surface area contributed by atoms with Gasteiger partial charge in [-0.15, -0.1) is 11.3 Å². The Kier molecular flexibility index (Phi) is 8.50. The van der Waals surface area contributed by atoms with Gasteiger partial charge in [0.25, 0.3) is 0 Å². The highest BCUT2D eigenvalue weighted by molar-refractivity contribution is 7.11. The number of nitrogens with zero attached hydrogens (tertiary/aromatic N) is 3. The van der Waals surface area contributed by atoms with Crippen molar-refractivity contribution in [2.75, 3.05) is 13.7 Å². The SMILES string of the molecule is CCOC(=O)C1=C([C@H]2CC[C@H](c3nc(C(=O)OC)c(C)o3)CC2)NC(c2nccs2)=NC1c1ccc(F)c(F)c1Cl. The van der Waals surface area contributed by atoms with Crippen molar-refractivity contribution in [1.29, 1.82) is 0 Å². The molecule has 0 bridgehead atoms. The Hall–Kier alpha value is -3.64. The fraction of sp³-hybridized carbons (Fsp3) is 0.393. The molecule has 1 aliphatic carbocycles. The van der Waals surface area contributed by atoms with Crippen LogP contribution in [0.4, 0.5) is 8.78 Å². The van der Waals surface area contributed by atoms with E-state index in [0.717, 1.165) is 6.07 Å². The van der Waals surface area contributed by atoms with Gasteiger partial charge >= 0.3 is 11.9 Å². The lowest BCUT2D eigenvalue weighted by Gasteiger charge is -2.34. The number of allylic oxidation sites excluding steroid dienone is 1. The number of carbonyl (C=O) groups excluding carboxylic acids is 2. The van der Waals surface area contributed by atoms with Gasteiger partial charge in [-0.05, 0) is 51.5 Å². The summed E-state index contributed by atoms with van der Waals surface area (Å²) in [5.74, 6) is -2.43. The third-order valence-electron chi connectivity index (χ3n) is 7.24. The smallest absolute Gasteiger partial charge is 0.360 e. The van der Waals surface area contributed by atoms with E-state index in [4.69, 9.17) is 30.5 Å². The second-order valence-corrected chi connectivity index (χ2v) is 10.9. The van der Waals surface area contributed by atoms with Crippen LogP contribution >= 0.6 is 22.9 Å². The van der Waals surface area contributed by atoms with Crippen LogP contribution in [0.25, 0.3) is 0 Å². The highest BCUT2D eigenvalue weighted by atomic mass is 35.5. The third-order valence-corrected chi connectivity index (χ3v) is 8.41. The van der Waals surface area contributed by atoms with Gasteiger partial charge in [0.2, 0.25) is 0 Å². The average molecular weight is 605 g/mol. The maximum absolute atomic E-state index is 14.6. The Morgan fingerprint density at radius 1 is 1.17 bits per heavy atom. The highest BCUT2D eigenvalue weighted by Gasteiger charge is 2.39. The maximum Gasteiger partial charge on any atom is 0.360 e. The van der Waals surface area contributed by atoms with E-state index in [1.54, 1.807) is 25.4 Å². The molecular weight excluding hydrogens is 578 g/mol. The second kappa shape index (κ2) is 12.1. The van der Waals surface area contributed by atoms with Crippen molar-refractivity contribution in [3.63, 3.8) is 0 Å². The summed E-state index contributed by atoms with van der Waals surface area (Å²) in [5, 5.41) is 5.21. The van der Waals surface area contributed by atoms with Crippen molar-refractivity contribution < 1.29 is 32.3 Å². The molecule has 0 saturated heterocycles. The van der Waals surface area contributed by atoms with Gasteiger partial charge in [-0.25, -0.2) is 28.3 Å². The van der Waals surface area contributed by atoms with Gasteiger partial charge in [-0.1, -0.05) is 17.7 Å². The van der Waals surface area contributed by atoms with Crippen molar-refractivity contribution in [3.05, 3.63) is 79.6 Å². The standard InChI is InChI=1S/C28H27ClF2N4O5S/c1-4-39-27(36)18-22(14-5-7-15(8-6-14)25-35-21(13(2)40-25)28(37)38-3)33-24(26-32-11-12-41-26)34-23(18)16-9-10-17(30)20(31)19(16)29/h9-12,14-15,23H,4-8H2,1-3H3,(H,33,34)/t14-,15-,23?. The molecule has 1 aromatic carbocycles. The van der Waals surface area contributed by atoms with Crippen molar-refractivity contribution in [1.82, 2.24) is 15.3 Å². The molecule has 41 heavy (non-hydrogen) atoms. The van der Waals surface area contributed by atoms with E-state index in [1.807, 2.05) is 0 Å². The van der Waals surface area contributed by atoms with Gasteiger partial charge in [-0.2, -0.15) is 0 Å². The highest BCUT2D eigenvalue weighted by Crippen LogP contribution is 2.44. The monoisotopic (exact) mass is 604 g/mol. The summed E-state index contributed by atoms with van der Waals surface area (Å²) in [6.45, 7) is 3.46. The van der Waals surface area contributed by atoms with E-state index < -0.39 is 34.6 Å². The zero-order valence-corrected chi connectivity index (χ0v) is 24.1. The normalized spacial score (nSPS) is 20.8. The van der Waals surface area contributed by atoms with Crippen molar-refractivity contribution in [2.24, 2.45) is 10.9 Å². The predicted octanol–water partition coefficient (Wildman–Crippen LogP) is 6.04. The molecule has 1 N–H and O–H groups in total. The maximum atomic E-state index is 14.6. The number of amidine groups is 1. The number of aryl methyl sites for hydroxylation is 1. The average Bonchev–Trinajstić information content (AvgIpc) is 3.66. The molecule has 0 spiro atoms. The molecule has 0 radical (unpaired) electrons. The first-order valence-corrected chi connectivity index (χ1v) is 14.3. The number of ether oxygens (including phenoxy) is 2. The minimum absolute atomic E-state index is 0.0397. The van der Waals surface area contributed by atoms with Crippen LogP contribution in [0, 0.1) is 24.5 Å². The number of halogens is 3. The Balaban J connectivity index is 1.52. The van der Waals surface area contributed by atoms with Gasteiger partial charge in [0.1, 0.15) is 11.8 Å². The number of methoxy groups -OCH3 is 1. The summed E-state index contributed by atoms with van der Waals surface area (Å²) in [7, 11) is 1.29. The summed E-state index contributed by atoms with van der Waals surface area (Å²) in [6.07, 6.45) is 4.21. The van der Waals surface area contributed by atoms with Crippen LogP contribution in [0.5, 0.6) is 0 Å². The molecule has 216 valence electrons. The largest absolute Gasteiger partial charge is 0.464 e.